The number of fused-ring (bicyclic) bond motifs is 9. The van der Waals surface area contributed by atoms with Crippen LogP contribution < -0.4 is 9.61 Å². The van der Waals surface area contributed by atoms with Crippen molar-refractivity contribution in [3.63, 3.8) is 0 Å². The molecule has 2 aliphatic carbocycles. The SMILES string of the molecule is CCOC(=O)COc1cccc([C@H]2c3sc(=O)[nH]c3SC3C4CC(C5C(=O)N(C(CC(C)C)C(=O)O)C(=O)C45)C32)c1. The maximum atomic E-state index is 13.9. The lowest BCUT2D eigenvalue weighted by molar-refractivity contribution is -0.156. The summed E-state index contributed by atoms with van der Waals surface area (Å²) in [5, 5.41) is 10.7. The Morgan fingerprint density at radius 1 is 1.15 bits per heavy atom. The zero-order valence-corrected chi connectivity index (χ0v) is 24.5. The summed E-state index contributed by atoms with van der Waals surface area (Å²) in [6.07, 6.45) is 0.919. The summed E-state index contributed by atoms with van der Waals surface area (Å²) in [6.45, 7) is 5.52. The van der Waals surface area contributed by atoms with Crippen LogP contribution in [0.2, 0.25) is 0 Å². The Morgan fingerprint density at radius 2 is 1.88 bits per heavy atom. The van der Waals surface area contributed by atoms with Gasteiger partial charge in [-0.1, -0.05) is 37.3 Å². The largest absolute Gasteiger partial charge is 0.482 e. The Bertz CT molecular complexity index is 1470. The normalized spacial score (nSPS) is 30.2. The zero-order chi connectivity index (χ0) is 29.2. The highest BCUT2D eigenvalue weighted by molar-refractivity contribution is 8.00. The number of carbonyl (C=O) groups excluding carboxylic acids is 3. The second kappa shape index (κ2) is 10.6. The maximum Gasteiger partial charge on any atom is 0.344 e. The molecule has 7 unspecified atom stereocenters. The number of carboxylic acid groups (broad SMARTS) is 1. The Hall–Kier alpha value is -3.12. The molecule has 8 atom stereocenters. The standard InChI is InChI=1S/C29H32N2O8S2/c1-4-38-18(32)11-39-14-7-5-6-13(9-14)19-20-15-10-16(23(20)40-25-24(19)41-29(37)30-25)22-21(15)26(33)31(27(22)34)17(28(35)36)8-12(2)3/h5-7,9,12,15-17,19-23H,4,8,10-11H2,1-3H3,(H,30,37)(H,35,36)/t15?,16?,17?,19-,20?,21?,22?,23?/m1/s1. The zero-order valence-electron chi connectivity index (χ0n) is 22.9. The molecule has 2 aliphatic heterocycles. The van der Waals surface area contributed by atoms with Gasteiger partial charge in [0.05, 0.1) is 23.5 Å². The topological polar surface area (TPSA) is 143 Å². The number of thioether (sulfide) groups is 1. The van der Waals surface area contributed by atoms with E-state index < -0.39 is 29.8 Å². The van der Waals surface area contributed by atoms with Gasteiger partial charge < -0.3 is 19.6 Å². The molecule has 2 N–H and O–H groups in total. The lowest BCUT2D eigenvalue weighted by atomic mass is 9.68. The van der Waals surface area contributed by atoms with Crippen LogP contribution in [0.25, 0.3) is 0 Å². The van der Waals surface area contributed by atoms with Gasteiger partial charge in [0.15, 0.2) is 6.61 Å². The third kappa shape index (κ3) is 4.59. The molecule has 3 heterocycles. The molecule has 0 radical (unpaired) electrons. The fraction of sp³-hybridized carbons (Fsp3) is 0.552. The number of esters is 1. The maximum absolute atomic E-state index is 13.9. The molecule has 12 heteroatoms. The minimum Gasteiger partial charge on any atom is -0.482 e. The predicted octanol–water partition coefficient (Wildman–Crippen LogP) is 3.35. The lowest BCUT2D eigenvalue weighted by Crippen LogP contribution is -2.47. The van der Waals surface area contributed by atoms with Crippen molar-refractivity contribution in [2.75, 3.05) is 13.2 Å². The van der Waals surface area contributed by atoms with Gasteiger partial charge in [-0.15, -0.1) is 11.8 Å². The minimum absolute atomic E-state index is 0.00233. The summed E-state index contributed by atoms with van der Waals surface area (Å²) in [5.41, 5.74) is 0.902. The number of carbonyl (C=O) groups is 4. The van der Waals surface area contributed by atoms with Gasteiger partial charge in [0.25, 0.3) is 0 Å². The number of aromatic amines is 1. The Kier molecular flexibility index (Phi) is 7.25. The van der Waals surface area contributed by atoms with Crippen LogP contribution >= 0.6 is 23.1 Å². The van der Waals surface area contributed by atoms with Gasteiger partial charge in [-0.05, 0) is 61.1 Å². The molecule has 41 heavy (non-hydrogen) atoms. The molecule has 6 rings (SSSR count). The Balaban J connectivity index is 1.36. The summed E-state index contributed by atoms with van der Waals surface area (Å²) >= 11 is 2.73. The third-order valence-corrected chi connectivity index (χ3v) is 11.5. The van der Waals surface area contributed by atoms with E-state index in [9.17, 15) is 29.1 Å². The van der Waals surface area contributed by atoms with E-state index in [0.717, 1.165) is 31.7 Å². The molecular weight excluding hydrogens is 568 g/mol. The number of imide groups is 1. The van der Waals surface area contributed by atoms with Crippen molar-refractivity contribution in [3.05, 3.63) is 44.4 Å². The van der Waals surface area contributed by atoms with E-state index in [4.69, 9.17) is 9.47 Å². The van der Waals surface area contributed by atoms with Crippen LogP contribution in [0.4, 0.5) is 0 Å². The van der Waals surface area contributed by atoms with Gasteiger partial charge in [-0.25, -0.2) is 9.59 Å². The molecule has 4 aliphatic rings. The second-order valence-corrected chi connectivity index (χ2v) is 13.9. The molecular formula is C29H32N2O8S2. The van der Waals surface area contributed by atoms with Crippen molar-refractivity contribution in [2.24, 2.45) is 35.5 Å². The lowest BCUT2D eigenvalue weighted by Gasteiger charge is -2.43. The number of nitrogens with zero attached hydrogens (tertiary/aromatic N) is 1. The van der Waals surface area contributed by atoms with Crippen molar-refractivity contribution in [1.82, 2.24) is 9.88 Å². The first-order chi connectivity index (χ1) is 19.6. The number of aromatic nitrogens is 1. The van der Waals surface area contributed by atoms with Crippen molar-refractivity contribution in [2.45, 2.75) is 55.8 Å². The number of amides is 2. The molecule has 3 fully saturated rings. The monoisotopic (exact) mass is 600 g/mol. The van der Waals surface area contributed by atoms with E-state index in [1.165, 1.54) is 0 Å². The fourth-order valence-corrected chi connectivity index (χ4v) is 10.5. The number of benzene rings is 1. The number of hydrogen-bond donors (Lipinski definition) is 2. The van der Waals surface area contributed by atoms with E-state index in [-0.39, 0.29) is 71.2 Å². The van der Waals surface area contributed by atoms with Crippen molar-refractivity contribution < 1.29 is 33.8 Å². The number of aliphatic carboxylic acids is 1. The van der Waals surface area contributed by atoms with Crippen LogP contribution in [0.3, 0.4) is 0 Å². The Labute approximate surface area is 244 Å². The molecule has 10 nitrogen and oxygen atoms in total. The molecule has 218 valence electrons. The number of H-pyrrole nitrogens is 1. The number of thiazole rings is 1. The van der Waals surface area contributed by atoms with Crippen LogP contribution in [-0.2, 0) is 23.9 Å². The molecule has 2 aromatic rings. The third-order valence-electron chi connectivity index (χ3n) is 8.93. The van der Waals surface area contributed by atoms with Crippen LogP contribution in [-0.4, -0.2) is 63.2 Å². The first-order valence-electron chi connectivity index (χ1n) is 14.0. The van der Waals surface area contributed by atoms with Crippen LogP contribution in [0.1, 0.15) is 50.0 Å². The highest BCUT2D eigenvalue weighted by Crippen LogP contribution is 2.68. The second-order valence-electron chi connectivity index (χ2n) is 11.7. The van der Waals surface area contributed by atoms with E-state index in [2.05, 4.69) is 4.98 Å². The average molecular weight is 601 g/mol. The van der Waals surface area contributed by atoms with Gasteiger partial charge in [-0.2, -0.15) is 0 Å². The molecule has 2 bridgehead atoms. The summed E-state index contributed by atoms with van der Waals surface area (Å²) in [7, 11) is 0. The predicted molar refractivity (Wildman–Crippen MR) is 150 cm³/mol. The van der Waals surface area contributed by atoms with E-state index in [1.54, 1.807) is 24.8 Å². The summed E-state index contributed by atoms with van der Waals surface area (Å²) in [4.78, 5) is 68.9. The highest BCUT2D eigenvalue weighted by atomic mass is 32.2. The number of hydrogen-bond acceptors (Lipinski definition) is 9. The van der Waals surface area contributed by atoms with E-state index >= 15 is 0 Å². The van der Waals surface area contributed by atoms with Crippen LogP contribution in [0.5, 0.6) is 5.75 Å². The van der Waals surface area contributed by atoms with Crippen molar-refractivity contribution >= 4 is 46.9 Å². The molecule has 2 saturated carbocycles. The summed E-state index contributed by atoms with van der Waals surface area (Å²) in [5.74, 6) is -3.45. The van der Waals surface area contributed by atoms with Gasteiger partial charge in [0, 0.05) is 16.0 Å². The molecule has 1 saturated heterocycles. The summed E-state index contributed by atoms with van der Waals surface area (Å²) < 4.78 is 10.7. The van der Waals surface area contributed by atoms with Crippen LogP contribution in [0, 0.1) is 35.5 Å². The first-order valence-corrected chi connectivity index (χ1v) is 15.7. The molecule has 0 spiro atoms. The highest BCUT2D eigenvalue weighted by Gasteiger charge is 2.70. The van der Waals surface area contributed by atoms with Gasteiger partial charge in [-0.3, -0.25) is 19.3 Å². The van der Waals surface area contributed by atoms with Gasteiger partial charge in [0.2, 0.25) is 11.8 Å². The van der Waals surface area contributed by atoms with Gasteiger partial charge in [0.1, 0.15) is 11.8 Å². The van der Waals surface area contributed by atoms with E-state index in [0.29, 0.717) is 12.2 Å². The number of rotatable bonds is 9. The first kappa shape index (κ1) is 28.0. The number of carboxylic acids is 1. The van der Waals surface area contributed by atoms with Crippen LogP contribution in [0.15, 0.2) is 34.1 Å². The fourth-order valence-electron chi connectivity index (χ4n) is 7.63. The average Bonchev–Trinajstić information content (AvgIpc) is 3.65. The smallest absolute Gasteiger partial charge is 0.344 e. The molecule has 1 aromatic carbocycles. The number of ether oxygens (including phenoxy) is 2. The van der Waals surface area contributed by atoms with Crippen molar-refractivity contribution in [3.8, 4) is 5.75 Å². The van der Waals surface area contributed by atoms with Crippen molar-refractivity contribution in [1.29, 1.82) is 0 Å². The number of likely N-dealkylation sites (tertiary alicyclic amines) is 1. The van der Waals surface area contributed by atoms with E-state index in [1.807, 2.05) is 32.0 Å². The van der Waals surface area contributed by atoms with Gasteiger partial charge >= 0.3 is 16.8 Å². The molecule has 1 aromatic heterocycles. The minimum atomic E-state index is -1.17. The quantitative estimate of drug-likeness (QED) is 0.327. The summed E-state index contributed by atoms with van der Waals surface area (Å²) in [6, 6.07) is 6.26. The molecule has 2 amide bonds. The Morgan fingerprint density at radius 3 is 2.56 bits per heavy atom. The number of nitrogens with one attached hydrogen (secondary N) is 1.